The van der Waals surface area contributed by atoms with Crippen LogP contribution in [0.5, 0.6) is 0 Å². The summed E-state index contributed by atoms with van der Waals surface area (Å²) in [5, 5.41) is 7.20. The number of nitrogens with zero attached hydrogens (tertiary/aromatic N) is 2. The largest absolute Gasteiger partial charge is 0.338 e. The van der Waals surface area contributed by atoms with Crippen LogP contribution in [0.2, 0.25) is 0 Å². The normalized spacial score (nSPS) is 10.8. The number of aromatic nitrogens is 2. The molecule has 2 aromatic rings. The van der Waals surface area contributed by atoms with Crippen molar-refractivity contribution in [2.24, 2.45) is 0 Å². The van der Waals surface area contributed by atoms with E-state index in [0.29, 0.717) is 5.89 Å². The van der Waals surface area contributed by atoms with Gasteiger partial charge in [0.25, 0.3) is 0 Å². The summed E-state index contributed by atoms with van der Waals surface area (Å²) in [5.74, 6) is 2.19. The lowest BCUT2D eigenvalue weighted by Gasteiger charge is -2.03. The molecule has 102 valence electrons. The zero-order valence-corrected chi connectivity index (χ0v) is 12.2. The van der Waals surface area contributed by atoms with Crippen LogP contribution < -0.4 is 5.32 Å². The third kappa shape index (κ3) is 4.36. The van der Waals surface area contributed by atoms with Crippen molar-refractivity contribution in [2.45, 2.75) is 37.5 Å². The molecule has 0 aliphatic heterocycles. The maximum absolute atomic E-state index is 5.16. The van der Waals surface area contributed by atoms with Gasteiger partial charge >= 0.3 is 0 Å². The quantitative estimate of drug-likeness (QED) is 0.788. The molecule has 1 heterocycles. The Morgan fingerprint density at radius 1 is 1.21 bits per heavy atom. The molecular formula is C14H19N3OS. The molecule has 0 atom stereocenters. The van der Waals surface area contributed by atoms with Gasteiger partial charge < -0.3 is 9.84 Å². The van der Waals surface area contributed by atoms with Gasteiger partial charge in [-0.25, -0.2) is 0 Å². The second-order valence-electron chi connectivity index (χ2n) is 4.17. The van der Waals surface area contributed by atoms with Crippen LogP contribution >= 0.6 is 11.8 Å². The van der Waals surface area contributed by atoms with Crippen LogP contribution in [0.4, 0.5) is 0 Å². The number of thioether (sulfide) groups is 1. The Balaban J connectivity index is 1.85. The highest BCUT2D eigenvalue weighted by Crippen LogP contribution is 2.22. The Bertz CT molecular complexity index is 496. The Morgan fingerprint density at radius 2 is 2.00 bits per heavy atom. The molecule has 19 heavy (non-hydrogen) atoms. The molecule has 0 saturated heterocycles. The first-order chi connectivity index (χ1) is 9.31. The van der Waals surface area contributed by atoms with Crippen molar-refractivity contribution in [1.82, 2.24) is 15.5 Å². The number of nitrogens with one attached hydrogen (secondary N) is 1. The number of hydrogen-bond donors (Lipinski definition) is 1. The van der Waals surface area contributed by atoms with Crippen molar-refractivity contribution < 1.29 is 4.52 Å². The molecule has 1 aromatic carbocycles. The summed E-state index contributed by atoms with van der Waals surface area (Å²) < 4.78 is 5.16. The maximum atomic E-state index is 5.16. The molecule has 0 fully saturated rings. The van der Waals surface area contributed by atoms with Crippen molar-refractivity contribution in [2.75, 3.05) is 6.54 Å². The van der Waals surface area contributed by atoms with E-state index in [9.17, 15) is 0 Å². The summed E-state index contributed by atoms with van der Waals surface area (Å²) in [6.07, 6.45) is 0.813. The van der Waals surface area contributed by atoms with Crippen LogP contribution in [0, 0.1) is 0 Å². The highest BCUT2D eigenvalue weighted by Gasteiger charge is 2.05. The SMILES string of the molecule is CCNCc1ccc(SCc2nc(CC)no2)cc1. The Morgan fingerprint density at radius 3 is 2.63 bits per heavy atom. The molecule has 0 saturated carbocycles. The van der Waals surface area contributed by atoms with Gasteiger partial charge in [-0.15, -0.1) is 11.8 Å². The first-order valence-corrected chi connectivity index (χ1v) is 7.54. The fourth-order valence-corrected chi connectivity index (χ4v) is 2.35. The highest BCUT2D eigenvalue weighted by atomic mass is 32.2. The summed E-state index contributed by atoms with van der Waals surface area (Å²) in [6, 6.07) is 8.56. The molecule has 0 radical (unpaired) electrons. The van der Waals surface area contributed by atoms with Crippen LogP contribution in [0.1, 0.15) is 31.1 Å². The predicted octanol–water partition coefficient (Wildman–Crippen LogP) is 3.03. The highest BCUT2D eigenvalue weighted by molar-refractivity contribution is 7.98. The van der Waals surface area contributed by atoms with E-state index in [1.54, 1.807) is 11.8 Å². The molecule has 2 rings (SSSR count). The molecule has 5 heteroatoms. The van der Waals surface area contributed by atoms with Gasteiger partial charge in [-0.05, 0) is 24.2 Å². The lowest BCUT2D eigenvalue weighted by atomic mass is 10.2. The molecule has 0 aliphatic rings. The van der Waals surface area contributed by atoms with Gasteiger partial charge in [0.2, 0.25) is 5.89 Å². The van der Waals surface area contributed by atoms with E-state index in [0.717, 1.165) is 31.1 Å². The van der Waals surface area contributed by atoms with Crippen molar-refractivity contribution in [3.8, 4) is 0 Å². The molecule has 4 nitrogen and oxygen atoms in total. The second kappa shape index (κ2) is 7.31. The number of hydrogen-bond acceptors (Lipinski definition) is 5. The number of rotatable bonds is 7. The minimum absolute atomic E-state index is 0.693. The van der Waals surface area contributed by atoms with Gasteiger partial charge in [-0.2, -0.15) is 4.98 Å². The van der Waals surface area contributed by atoms with Crippen LogP contribution in [0.15, 0.2) is 33.7 Å². The fourth-order valence-electron chi connectivity index (χ4n) is 1.61. The van der Waals surface area contributed by atoms with Crippen LogP contribution in [-0.4, -0.2) is 16.7 Å². The summed E-state index contributed by atoms with van der Waals surface area (Å²) in [4.78, 5) is 5.51. The Kier molecular flexibility index (Phi) is 5.42. The fraction of sp³-hybridized carbons (Fsp3) is 0.429. The summed E-state index contributed by atoms with van der Waals surface area (Å²) >= 11 is 1.71. The van der Waals surface area contributed by atoms with Gasteiger partial charge in [0.15, 0.2) is 5.82 Å². The first kappa shape index (κ1) is 14.1. The zero-order valence-electron chi connectivity index (χ0n) is 11.3. The summed E-state index contributed by atoms with van der Waals surface area (Å²) in [5.41, 5.74) is 1.30. The standard InChI is InChI=1S/C14H19N3OS/c1-3-13-16-14(18-17-13)10-19-12-7-5-11(6-8-12)9-15-4-2/h5-8,15H,3-4,9-10H2,1-2H3. The minimum Gasteiger partial charge on any atom is -0.338 e. The van der Waals surface area contributed by atoms with E-state index < -0.39 is 0 Å². The van der Waals surface area contributed by atoms with Gasteiger partial charge in [-0.3, -0.25) is 0 Å². The van der Waals surface area contributed by atoms with Gasteiger partial charge in [0.1, 0.15) is 0 Å². The van der Waals surface area contributed by atoms with E-state index in [-0.39, 0.29) is 0 Å². The van der Waals surface area contributed by atoms with Crippen molar-refractivity contribution in [3.05, 3.63) is 41.5 Å². The number of benzene rings is 1. The van der Waals surface area contributed by atoms with E-state index >= 15 is 0 Å². The Labute approximate surface area is 118 Å². The molecule has 0 spiro atoms. The monoisotopic (exact) mass is 277 g/mol. The molecule has 1 N–H and O–H groups in total. The summed E-state index contributed by atoms with van der Waals surface area (Å²) in [7, 11) is 0. The smallest absolute Gasteiger partial charge is 0.237 e. The van der Waals surface area contributed by atoms with Crippen LogP contribution in [0.25, 0.3) is 0 Å². The van der Waals surface area contributed by atoms with Crippen LogP contribution in [-0.2, 0) is 18.7 Å². The molecular weight excluding hydrogens is 258 g/mol. The third-order valence-electron chi connectivity index (χ3n) is 2.69. The molecule has 0 unspecified atom stereocenters. The first-order valence-electron chi connectivity index (χ1n) is 6.55. The lowest BCUT2D eigenvalue weighted by molar-refractivity contribution is 0.385. The topological polar surface area (TPSA) is 51.0 Å². The second-order valence-corrected chi connectivity index (χ2v) is 5.22. The van der Waals surface area contributed by atoms with E-state index in [2.05, 4.69) is 46.6 Å². The van der Waals surface area contributed by atoms with E-state index in [1.165, 1.54) is 10.5 Å². The van der Waals surface area contributed by atoms with Gasteiger partial charge in [0, 0.05) is 17.9 Å². The molecule has 0 amide bonds. The predicted molar refractivity (Wildman–Crippen MR) is 77.1 cm³/mol. The Hall–Kier alpha value is -1.33. The van der Waals surface area contributed by atoms with Gasteiger partial charge in [0.05, 0.1) is 5.75 Å². The molecule has 0 bridgehead atoms. The molecule has 0 aliphatic carbocycles. The average molecular weight is 277 g/mol. The van der Waals surface area contributed by atoms with E-state index in [4.69, 9.17) is 4.52 Å². The zero-order chi connectivity index (χ0) is 13.5. The van der Waals surface area contributed by atoms with E-state index in [1.807, 2.05) is 6.92 Å². The number of aryl methyl sites for hydroxylation is 1. The van der Waals surface area contributed by atoms with Gasteiger partial charge in [-0.1, -0.05) is 31.1 Å². The maximum Gasteiger partial charge on any atom is 0.237 e. The molecule has 1 aromatic heterocycles. The van der Waals surface area contributed by atoms with Crippen molar-refractivity contribution in [1.29, 1.82) is 0 Å². The average Bonchev–Trinajstić information content (AvgIpc) is 2.92. The minimum atomic E-state index is 0.693. The van der Waals surface area contributed by atoms with Crippen LogP contribution in [0.3, 0.4) is 0 Å². The lowest BCUT2D eigenvalue weighted by Crippen LogP contribution is -2.11. The third-order valence-corrected chi connectivity index (χ3v) is 3.69. The summed E-state index contributed by atoms with van der Waals surface area (Å²) in [6.45, 7) is 6.04. The van der Waals surface area contributed by atoms with Crippen molar-refractivity contribution in [3.63, 3.8) is 0 Å². The van der Waals surface area contributed by atoms with Crippen molar-refractivity contribution >= 4 is 11.8 Å².